The Bertz CT molecular complexity index is 1120. The average molecular weight is 401 g/mol. The van der Waals surface area contributed by atoms with Crippen molar-refractivity contribution < 1.29 is 23.1 Å². The predicted octanol–water partition coefficient (Wildman–Crippen LogP) is 4.48. The molecular formula is C21H18F3N3O2. The molecule has 8 heteroatoms. The summed E-state index contributed by atoms with van der Waals surface area (Å²) in [6.45, 7) is 9.98. The number of carbonyl (C=O) groups is 1. The summed E-state index contributed by atoms with van der Waals surface area (Å²) in [6.07, 6.45) is -3.45. The van der Waals surface area contributed by atoms with E-state index in [1.165, 1.54) is 17.7 Å². The highest BCUT2D eigenvalue weighted by Crippen LogP contribution is 2.37. The monoisotopic (exact) mass is 401 g/mol. The molecule has 3 aromatic rings. The molecular weight excluding hydrogens is 383 g/mol. The summed E-state index contributed by atoms with van der Waals surface area (Å²) in [6, 6.07) is 8.69. The van der Waals surface area contributed by atoms with E-state index in [9.17, 15) is 23.1 Å². The highest BCUT2D eigenvalue weighted by atomic mass is 19.4. The molecule has 150 valence electrons. The van der Waals surface area contributed by atoms with Crippen molar-refractivity contribution in [3.63, 3.8) is 0 Å². The van der Waals surface area contributed by atoms with Gasteiger partial charge in [-0.2, -0.15) is 18.3 Å². The smallest absolute Gasteiger partial charge is 0.380 e. The second-order valence-corrected chi connectivity index (χ2v) is 7.14. The molecule has 1 N–H and O–H groups in total. The van der Waals surface area contributed by atoms with Crippen molar-refractivity contribution in [3.8, 4) is 0 Å². The first-order valence-electron chi connectivity index (χ1n) is 8.77. The fourth-order valence-corrected chi connectivity index (χ4v) is 3.15. The Morgan fingerprint density at radius 2 is 2.00 bits per heavy atom. The lowest BCUT2D eigenvalue weighted by Crippen LogP contribution is -2.41. The maximum Gasteiger partial charge on any atom is 0.407 e. The molecule has 0 aliphatic heterocycles. The fourth-order valence-electron chi connectivity index (χ4n) is 3.15. The molecule has 5 nitrogen and oxygen atoms in total. The fraction of sp³-hybridized carbons (Fsp3) is 0.286. The number of ketones is 1. The van der Waals surface area contributed by atoms with Crippen molar-refractivity contribution in [2.45, 2.75) is 38.6 Å². The molecule has 0 fully saturated rings. The van der Waals surface area contributed by atoms with Gasteiger partial charge in [0.1, 0.15) is 5.60 Å². The predicted molar refractivity (Wildman–Crippen MR) is 102 cm³/mol. The second kappa shape index (κ2) is 7.33. The van der Waals surface area contributed by atoms with Gasteiger partial charge in [-0.05, 0) is 31.0 Å². The van der Waals surface area contributed by atoms with E-state index in [0.29, 0.717) is 0 Å². The van der Waals surface area contributed by atoms with E-state index >= 15 is 0 Å². The number of hydrogen-bond donors (Lipinski definition) is 1. The van der Waals surface area contributed by atoms with Crippen LogP contribution < -0.4 is 0 Å². The largest absolute Gasteiger partial charge is 0.407 e. The van der Waals surface area contributed by atoms with Gasteiger partial charge in [0.2, 0.25) is 0 Å². The number of aliphatic hydroxyl groups is 1. The summed E-state index contributed by atoms with van der Waals surface area (Å²) in [4.78, 5) is 15.5. The highest BCUT2D eigenvalue weighted by molar-refractivity contribution is 5.89. The lowest BCUT2D eigenvalue weighted by atomic mass is 9.94. The van der Waals surface area contributed by atoms with Crippen molar-refractivity contribution in [1.29, 1.82) is 0 Å². The van der Waals surface area contributed by atoms with Crippen LogP contribution in [0.25, 0.3) is 15.7 Å². The van der Waals surface area contributed by atoms with Crippen LogP contribution in [0.2, 0.25) is 0 Å². The Balaban J connectivity index is 1.84. The summed E-state index contributed by atoms with van der Waals surface area (Å²) in [7, 11) is 0. The quantitative estimate of drug-likeness (QED) is 0.642. The molecule has 1 atom stereocenters. The Kier molecular flexibility index (Phi) is 5.20. The van der Waals surface area contributed by atoms with E-state index < -0.39 is 35.2 Å². The number of halogens is 3. The molecule has 29 heavy (non-hydrogen) atoms. The number of aromatic nitrogens is 2. The summed E-state index contributed by atoms with van der Waals surface area (Å²) >= 11 is 0. The van der Waals surface area contributed by atoms with Gasteiger partial charge < -0.3 is 5.11 Å². The number of aryl methyl sites for hydroxylation is 1. The Labute approximate surface area is 165 Å². The van der Waals surface area contributed by atoms with Gasteiger partial charge in [-0.3, -0.25) is 9.48 Å². The topological polar surface area (TPSA) is 59.5 Å². The van der Waals surface area contributed by atoms with Crippen molar-refractivity contribution in [2.24, 2.45) is 0 Å². The van der Waals surface area contributed by atoms with Gasteiger partial charge in [-0.15, -0.1) is 0 Å². The molecule has 1 aromatic heterocycles. The molecule has 2 aromatic carbocycles. The minimum atomic E-state index is -4.70. The van der Waals surface area contributed by atoms with E-state index in [-0.39, 0.29) is 12.1 Å². The number of rotatable bonds is 5. The third kappa shape index (κ3) is 4.15. The Hall–Kier alpha value is -3.18. The summed E-state index contributed by atoms with van der Waals surface area (Å²) in [5.41, 5.74) is -1.63. The molecule has 0 aliphatic rings. The summed E-state index contributed by atoms with van der Waals surface area (Å²) < 4.78 is 40.9. The molecule has 0 saturated carbocycles. The molecule has 3 rings (SSSR count). The van der Waals surface area contributed by atoms with Crippen LogP contribution in [0.1, 0.15) is 23.6 Å². The van der Waals surface area contributed by atoms with Crippen LogP contribution in [0.3, 0.4) is 0 Å². The van der Waals surface area contributed by atoms with Crippen LogP contribution in [0, 0.1) is 13.5 Å². The van der Waals surface area contributed by atoms with E-state index in [4.69, 9.17) is 6.57 Å². The SMILES string of the molecule is [C-]#[N+]c1ccc(CC(=O)[C@@](C)(O)Cn2ncc3c(C)cccc32)cc1C(F)(F)F. The number of benzene rings is 2. The standard InChI is InChI=1S/C21H18F3N3O2/c1-13-5-4-6-18-15(13)11-26-27(18)12-20(2,29)19(28)10-14-7-8-17(25-3)16(9-14)21(22,23)24/h4-9,11,29H,10,12H2,1-2H3/t20-/m0/s1. The number of carbonyl (C=O) groups excluding carboxylic acids is 1. The zero-order valence-electron chi connectivity index (χ0n) is 15.8. The zero-order chi connectivity index (χ0) is 21.4. The lowest BCUT2D eigenvalue weighted by molar-refractivity contribution is -0.138. The molecule has 0 bridgehead atoms. The van der Waals surface area contributed by atoms with Gasteiger partial charge in [0.05, 0.1) is 30.4 Å². The number of Topliss-reactive ketones (excluding diaryl/α,β-unsaturated/α-hetero) is 1. The van der Waals surface area contributed by atoms with Gasteiger partial charge in [0.25, 0.3) is 0 Å². The maximum atomic E-state index is 13.1. The Morgan fingerprint density at radius 3 is 2.66 bits per heavy atom. The molecule has 0 amide bonds. The van der Waals surface area contributed by atoms with Gasteiger partial charge in [-0.1, -0.05) is 30.3 Å². The lowest BCUT2D eigenvalue weighted by Gasteiger charge is -2.22. The minimum Gasteiger partial charge on any atom is -0.380 e. The zero-order valence-corrected chi connectivity index (χ0v) is 15.8. The molecule has 0 aliphatic carbocycles. The van der Waals surface area contributed by atoms with Crippen LogP contribution in [-0.2, 0) is 23.9 Å². The number of alkyl halides is 3. The van der Waals surface area contributed by atoms with Crippen LogP contribution in [0.5, 0.6) is 0 Å². The first-order chi connectivity index (χ1) is 13.5. The van der Waals surface area contributed by atoms with Gasteiger partial charge in [0, 0.05) is 11.8 Å². The van der Waals surface area contributed by atoms with Crippen molar-refractivity contribution in [1.82, 2.24) is 9.78 Å². The summed E-state index contributed by atoms with van der Waals surface area (Å²) in [5, 5.41) is 15.8. The van der Waals surface area contributed by atoms with Crippen LogP contribution in [0.4, 0.5) is 18.9 Å². The molecule has 0 saturated heterocycles. The van der Waals surface area contributed by atoms with E-state index in [0.717, 1.165) is 28.6 Å². The maximum absolute atomic E-state index is 13.1. The molecule has 0 radical (unpaired) electrons. The van der Waals surface area contributed by atoms with E-state index in [1.807, 2.05) is 25.1 Å². The van der Waals surface area contributed by atoms with Crippen molar-refractivity contribution in [3.05, 3.63) is 70.7 Å². The Morgan fingerprint density at radius 1 is 1.28 bits per heavy atom. The van der Waals surface area contributed by atoms with Crippen LogP contribution in [-0.4, -0.2) is 26.3 Å². The van der Waals surface area contributed by atoms with Gasteiger partial charge >= 0.3 is 6.18 Å². The van der Waals surface area contributed by atoms with Crippen molar-refractivity contribution >= 4 is 22.4 Å². The van der Waals surface area contributed by atoms with Crippen molar-refractivity contribution in [2.75, 3.05) is 0 Å². The number of fused-ring (bicyclic) bond motifs is 1. The first kappa shape index (κ1) is 20.6. The molecule has 1 heterocycles. The molecule has 0 unspecified atom stereocenters. The number of hydrogen-bond acceptors (Lipinski definition) is 3. The third-order valence-corrected chi connectivity index (χ3v) is 4.82. The van der Waals surface area contributed by atoms with Crippen LogP contribution >= 0.6 is 0 Å². The summed E-state index contributed by atoms with van der Waals surface area (Å²) in [5.74, 6) is -0.641. The van der Waals surface area contributed by atoms with E-state index in [2.05, 4.69) is 9.94 Å². The first-order valence-corrected chi connectivity index (χ1v) is 8.77. The van der Waals surface area contributed by atoms with E-state index in [1.54, 1.807) is 6.20 Å². The van der Waals surface area contributed by atoms with Crippen LogP contribution in [0.15, 0.2) is 42.6 Å². The molecule has 0 spiro atoms. The average Bonchev–Trinajstić information content (AvgIpc) is 3.04. The van der Waals surface area contributed by atoms with Gasteiger partial charge in [-0.25, -0.2) is 4.85 Å². The normalized spacial score (nSPS) is 13.8. The minimum absolute atomic E-state index is 0.0798. The van der Waals surface area contributed by atoms with Gasteiger partial charge in [0.15, 0.2) is 11.5 Å². The second-order valence-electron chi connectivity index (χ2n) is 7.14. The highest BCUT2D eigenvalue weighted by Gasteiger charge is 2.35. The number of nitrogens with zero attached hydrogens (tertiary/aromatic N) is 3. The third-order valence-electron chi connectivity index (χ3n) is 4.82.